The molecule has 0 aliphatic rings. The summed E-state index contributed by atoms with van der Waals surface area (Å²) >= 11 is 2.50. The summed E-state index contributed by atoms with van der Waals surface area (Å²) in [6.07, 6.45) is 3.55. The van der Waals surface area contributed by atoms with Crippen LogP contribution in [-0.2, 0) is 0 Å². The zero-order valence-corrected chi connectivity index (χ0v) is 5.36. The van der Waals surface area contributed by atoms with Gasteiger partial charge in [-0.05, 0) is 0 Å². The van der Waals surface area contributed by atoms with Gasteiger partial charge in [-0.25, -0.2) is 3.87 Å². The van der Waals surface area contributed by atoms with Gasteiger partial charge < -0.3 is 5.21 Å². The molecule has 4 heteroatoms. The zero-order chi connectivity index (χ0) is 4.99. The Morgan fingerprint density at radius 2 is 1.67 bits per heavy atom. The van der Waals surface area contributed by atoms with Crippen LogP contribution in [0.25, 0.3) is 0 Å². The Bertz CT molecular complexity index is 30.7. The van der Waals surface area contributed by atoms with Crippen LogP contribution in [0.5, 0.6) is 0 Å². The lowest BCUT2D eigenvalue weighted by Gasteiger charge is -2.09. The second kappa shape index (κ2) is 3.80. The molecule has 0 aromatic carbocycles. The van der Waals surface area contributed by atoms with Crippen LogP contribution in [0.1, 0.15) is 0 Å². The van der Waals surface area contributed by atoms with Gasteiger partial charge in [-0.1, -0.05) is 0 Å². The Balaban J connectivity index is 2.75. The summed E-state index contributed by atoms with van der Waals surface area (Å²) in [6, 6.07) is 0. The van der Waals surface area contributed by atoms with Crippen molar-refractivity contribution in [3.8, 4) is 0 Å². The van der Waals surface area contributed by atoms with Gasteiger partial charge >= 0.3 is 0 Å². The van der Waals surface area contributed by atoms with E-state index in [1.54, 1.807) is 12.5 Å². The highest BCUT2D eigenvalue weighted by molar-refractivity contribution is 8.04. The quantitative estimate of drug-likeness (QED) is 0.413. The van der Waals surface area contributed by atoms with Gasteiger partial charge in [-0.3, -0.25) is 0 Å². The second-order valence-corrected chi connectivity index (χ2v) is 2.47. The first kappa shape index (κ1) is 6.62. The van der Waals surface area contributed by atoms with Gasteiger partial charge in [-0.2, -0.15) is 0 Å². The molecular weight excluding hydrogens is 118 g/mol. The Hall–Kier alpha value is 0.620. The summed E-state index contributed by atoms with van der Waals surface area (Å²) < 4.78 is 0.176. The lowest BCUT2D eigenvalue weighted by Crippen LogP contribution is -2.91. The third kappa shape index (κ3) is 2.84. The molecule has 0 unspecified atom stereocenters. The van der Waals surface area contributed by atoms with Crippen LogP contribution >= 0.6 is 23.9 Å². The molecule has 0 heterocycles. The number of quaternary nitrogens is 1. The molecule has 2 nitrogen and oxygen atoms in total. The Morgan fingerprint density at radius 1 is 1.33 bits per heavy atom. The Morgan fingerprint density at radius 3 is 1.67 bits per heavy atom. The lowest BCUT2D eigenvalue weighted by molar-refractivity contribution is -0.514. The van der Waals surface area contributed by atoms with Gasteiger partial charge in [-0.15, -0.1) is 0 Å². The van der Waals surface area contributed by atoms with E-state index in [2.05, 4.69) is 0 Å². The molecule has 0 aliphatic heterocycles. The molecule has 0 saturated heterocycles. The van der Waals surface area contributed by atoms with Gasteiger partial charge in [0.05, 0.1) is 23.9 Å². The van der Waals surface area contributed by atoms with Crippen molar-refractivity contribution in [1.82, 2.24) is 0 Å². The van der Waals surface area contributed by atoms with Crippen molar-refractivity contribution in [1.29, 1.82) is 0 Å². The molecule has 0 fully saturated rings. The first-order valence-electron chi connectivity index (χ1n) is 1.43. The first-order chi connectivity index (χ1) is 2.81. The highest BCUT2D eigenvalue weighted by Crippen LogP contribution is 1.79. The Labute approximate surface area is 46.1 Å². The van der Waals surface area contributed by atoms with E-state index < -0.39 is 0 Å². The van der Waals surface area contributed by atoms with Gasteiger partial charge in [0.2, 0.25) is 0 Å². The third-order valence-corrected chi connectivity index (χ3v) is 2.00. The summed E-state index contributed by atoms with van der Waals surface area (Å²) in [6.45, 7) is 0. The molecule has 0 aliphatic carbocycles. The van der Waals surface area contributed by atoms with Crippen LogP contribution < -0.4 is 3.87 Å². The smallest absolute Gasteiger partial charge is 0.0819 e. The van der Waals surface area contributed by atoms with E-state index in [4.69, 9.17) is 0 Å². The molecule has 0 radical (unpaired) electrons. The first-order valence-corrected chi connectivity index (χ1v) is 3.88. The van der Waals surface area contributed by atoms with Gasteiger partial charge in [0.1, 0.15) is 0 Å². The number of rotatable bonds is 2. The fraction of sp³-hybridized carbons (Fsp3) is 1.00. The van der Waals surface area contributed by atoms with E-state index in [1.165, 1.54) is 23.9 Å². The maximum Gasteiger partial charge on any atom is 0.0819 e. The molecular formula is C2H7NOS2. The van der Waals surface area contributed by atoms with Crippen LogP contribution in [0.2, 0.25) is 0 Å². The topological polar surface area (TPSA) is 27.5 Å². The van der Waals surface area contributed by atoms with Crippen molar-refractivity contribution in [2.24, 2.45) is 0 Å². The number of hydrogen-bond acceptors (Lipinski definition) is 3. The SMILES string of the molecule is CS[NH+]([O-])SC. The van der Waals surface area contributed by atoms with Gasteiger partial charge in [0.15, 0.2) is 0 Å². The van der Waals surface area contributed by atoms with Crippen LogP contribution in [0, 0.1) is 5.21 Å². The maximum atomic E-state index is 10.1. The third-order valence-electron chi connectivity index (χ3n) is 0.333. The average Bonchev–Trinajstić information content (AvgIpc) is 1.65. The molecule has 0 amide bonds. The maximum absolute atomic E-state index is 10.1. The van der Waals surface area contributed by atoms with E-state index in [1.807, 2.05) is 0 Å². The fourth-order valence-electron chi connectivity index (χ4n) is 0.0833. The molecule has 0 aromatic heterocycles. The van der Waals surface area contributed by atoms with Crippen LogP contribution in [-0.4, -0.2) is 12.5 Å². The predicted octanol–water partition coefficient (Wildman–Crippen LogP) is -0.0749. The van der Waals surface area contributed by atoms with Crippen molar-refractivity contribution >= 4 is 23.9 Å². The van der Waals surface area contributed by atoms with E-state index >= 15 is 0 Å². The van der Waals surface area contributed by atoms with Crippen LogP contribution in [0.3, 0.4) is 0 Å². The van der Waals surface area contributed by atoms with E-state index in [-0.39, 0.29) is 3.87 Å². The molecule has 0 atom stereocenters. The van der Waals surface area contributed by atoms with Crippen molar-refractivity contribution in [3.63, 3.8) is 0 Å². The predicted molar refractivity (Wildman–Crippen MR) is 31.4 cm³/mol. The minimum absolute atomic E-state index is 0.176. The van der Waals surface area contributed by atoms with Gasteiger partial charge in [0.25, 0.3) is 0 Å². The summed E-state index contributed by atoms with van der Waals surface area (Å²) in [5, 5.41) is 10.1. The summed E-state index contributed by atoms with van der Waals surface area (Å²) in [5.74, 6) is 0. The van der Waals surface area contributed by atoms with Crippen molar-refractivity contribution in [2.75, 3.05) is 12.5 Å². The highest BCUT2D eigenvalue weighted by atomic mass is 32.2. The minimum atomic E-state index is 0.176. The normalized spacial score (nSPS) is 10.0. The van der Waals surface area contributed by atoms with E-state index in [0.29, 0.717) is 0 Å². The second-order valence-electron chi connectivity index (χ2n) is 0.658. The van der Waals surface area contributed by atoms with Gasteiger partial charge in [0, 0.05) is 12.5 Å². The van der Waals surface area contributed by atoms with Crippen LogP contribution in [0.4, 0.5) is 0 Å². The van der Waals surface area contributed by atoms with Crippen molar-refractivity contribution in [2.45, 2.75) is 0 Å². The van der Waals surface area contributed by atoms with Crippen molar-refractivity contribution in [3.05, 3.63) is 5.21 Å². The highest BCUT2D eigenvalue weighted by Gasteiger charge is 1.84. The molecule has 0 spiro atoms. The number of hydrogen-bond donors (Lipinski definition) is 1. The largest absolute Gasteiger partial charge is 0.609 e. The number of nitrogens with one attached hydrogen (secondary N) is 1. The summed E-state index contributed by atoms with van der Waals surface area (Å²) in [7, 11) is 0. The molecule has 0 aromatic rings. The van der Waals surface area contributed by atoms with Crippen LogP contribution in [0.15, 0.2) is 0 Å². The zero-order valence-electron chi connectivity index (χ0n) is 3.72. The molecule has 38 valence electrons. The monoisotopic (exact) mass is 125 g/mol. The molecule has 0 rings (SSSR count). The molecule has 1 N–H and O–H groups in total. The van der Waals surface area contributed by atoms with E-state index in [0.717, 1.165) is 0 Å². The summed E-state index contributed by atoms with van der Waals surface area (Å²) in [5.41, 5.74) is 0. The molecule has 0 bridgehead atoms. The standard InChI is InChI=1S/C2H7NOS2/c1-5-3(4)6-2/h3H,1-2H3. The summed E-state index contributed by atoms with van der Waals surface area (Å²) in [4.78, 5) is 0. The van der Waals surface area contributed by atoms with E-state index in [9.17, 15) is 5.21 Å². The Kier molecular flexibility index (Phi) is 4.19. The lowest BCUT2D eigenvalue weighted by atomic mass is 12.0. The fourth-order valence-corrected chi connectivity index (χ4v) is 0.750. The average molecular weight is 125 g/mol. The molecule has 0 saturated carbocycles. The minimum Gasteiger partial charge on any atom is -0.609 e. The molecule has 6 heavy (non-hydrogen) atoms. The van der Waals surface area contributed by atoms with Crippen molar-refractivity contribution < 1.29 is 3.87 Å².